The van der Waals surface area contributed by atoms with E-state index in [0.717, 1.165) is 37.4 Å². The Labute approximate surface area is 71.5 Å². The molecule has 1 aliphatic rings. The lowest BCUT2D eigenvalue weighted by Crippen LogP contribution is -2.45. The monoisotopic (exact) mass is 173 g/mol. The van der Waals surface area contributed by atoms with Gasteiger partial charge in [-0.25, -0.2) is 15.6 Å². The average Bonchev–Trinajstić information content (AvgIpc) is 2.30. The zero-order valence-corrected chi connectivity index (χ0v) is 6.99. The van der Waals surface area contributed by atoms with Crippen LogP contribution in [0.5, 0.6) is 0 Å². The van der Waals surface area contributed by atoms with E-state index in [-0.39, 0.29) is 6.04 Å². The maximum atomic E-state index is 10.5. The molecule has 1 heterocycles. The molecule has 70 valence electrons. The van der Waals surface area contributed by atoms with Crippen LogP contribution in [0.4, 0.5) is 4.79 Å². The van der Waals surface area contributed by atoms with Gasteiger partial charge in [0.2, 0.25) is 0 Å². The van der Waals surface area contributed by atoms with Crippen LogP contribution in [-0.2, 0) is 0 Å². The number of nitrogens with two attached hydrogens (primary N) is 1. The number of carboxylic acid groups (broad SMARTS) is 1. The number of hydrogen-bond donors (Lipinski definition) is 3. The first-order chi connectivity index (χ1) is 5.72. The number of carbonyl (C=O) groups is 1. The zero-order valence-electron chi connectivity index (χ0n) is 6.99. The van der Waals surface area contributed by atoms with Gasteiger partial charge >= 0.3 is 6.09 Å². The fourth-order valence-corrected chi connectivity index (χ4v) is 1.44. The number of nitrogens with one attached hydrogen (secondary N) is 1. The van der Waals surface area contributed by atoms with Crippen molar-refractivity contribution in [3.63, 3.8) is 0 Å². The summed E-state index contributed by atoms with van der Waals surface area (Å²) in [7, 11) is 0. The first-order valence-electron chi connectivity index (χ1n) is 4.19. The maximum absolute atomic E-state index is 10.5. The Hall–Kier alpha value is -0.810. The van der Waals surface area contributed by atoms with Crippen molar-refractivity contribution < 1.29 is 9.90 Å². The second-order valence-electron chi connectivity index (χ2n) is 3.02. The van der Waals surface area contributed by atoms with Crippen molar-refractivity contribution in [2.24, 2.45) is 5.84 Å². The van der Waals surface area contributed by atoms with Crippen LogP contribution in [0.25, 0.3) is 0 Å². The molecule has 1 rings (SSSR count). The Kier molecular flexibility index (Phi) is 3.31. The highest BCUT2D eigenvalue weighted by Crippen LogP contribution is 2.09. The Balaban J connectivity index is 2.42. The van der Waals surface area contributed by atoms with Gasteiger partial charge in [-0.2, -0.15) is 0 Å². The molecule has 1 fully saturated rings. The van der Waals surface area contributed by atoms with Gasteiger partial charge in [0.25, 0.3) is 0 Å². The molecule has 12 heavy (non-hydrogen) atoms. The lowest BCUT2D eigenvalue weighted by Gasteiger charge is -2.22. The molecule has 0 spiro atoms. The van der Waals surface area contributed by atoms with Crippen molar-refractivity contribution in [2.75, 3.05) is 13.1 Å². The minimum absolute atomic E-state index is 0.0162. The first kappa shape index (κ1) is 9.28. The van der Waals surface area contributed by atoms with E-state index in [4.69, 9.17) is 10.9 Å². The van der Waals surface area contributed by atoms with Gasteiger partial charge in [-0.1, -0.05) is 0 Å². The van der Waals surface area contributed by atoms with E-state index in [0.29, 0.717) is 0 Å². The van der Waals surface area contributed by atoms with Crippen LogP contribution >= 0.6 is 0 Å². The molecule has 5 heteroatoms. The average molecular weight is 173 g/mol. The van der Waals surface area contributed by atoms with E-state index < -0.39 is 6.09 Å². The maximum Gasteiger partial charge on any atom is 0.421 e. The molecule has 5 nitrogen and oxygen atoms in total. The molecule has 0 saturated carbocycles. The second-order valence-corrected chi connectivity index (χ2v) is 3.02. The smallest absolute Gasteiger partial charge is 0.421 e. The van der Waals surface area contributed by atoms with Crippen molar-refractivity contribution in [1.29, 1.82) is 0 Å². The summed E-state index contributed by atoms with van der Waals surface area (Å²) in [6.07, 6.45) is 1.62. The van der Waals surface area contributed by atoms with Gasteiger partial charge in [-0.3, -0.25) is 0 Å². The highest BCUT2D eigenvalue weighted by molar-refractivity contribution is 5.64. The summed E-state index contributed by atoms with van der Waals surface area (Å²) in [5.41, 5.74) is 0. The molecule has 0 aliphatic carbocycles. The minimum atomic E-state index is -1.04. The molecule has 0 aromatic carbocycles. The van der Waals surface area contributed by atoms with E-state index in [1.807, 2.05) is 0 Å². The SMILES string of the molecule is NN(C(=O)O)C1CCCNCC1. The first-order valence-corrected chi connectivity index (χ1v) is 4.19. The van der Waals surface area contributed by atoms with E-state index in [9.17, 15) is 4.79 Å². The van der Waals surface area contributed by atoms with Crippen molar-refractivity contribution in [3.8, 4) is 0 Å². The van der Waals surface area contributed by atoms with Gasteiger partial charge in [0.1, 0.15) is 0 Å². The quantitative estimate of drug-likeness (QED) is 0.296. The summed E-state index contributed by atoms with van der Waals surface area (Å²) in [6, 6.07) is -0.0162. The summed E-state index contributed by atoms with van der Waals surface area (Å²) >= 11 is 0. The Morgan fingerprint density at radius 1 is 1.50 bits per heavy atom. The molecule has 0 bridgehead atoms. The van der Waals surface area contributed by atoms with Gasteiger partial charge in [0, 0.05) is 0 Å². The van der Waals surface area contributed by atoms with Crippen LogP contribution in [0.1, 0.15) is 19.3 Å². The summed E-state index contributed by atoms with van der Waals surface area (Å²) < 4.78 is 0. The Morgan fingerprint density at radius 2 is 2.25 bits per heavy atom. The summed E-state index contributed by atoms with van der Waals surface area (Å²) in [6.45, 7) is 1.82. The molecule has 1 aliphatic heterocycles. The summed E-state index contributed by atoms with van der Waals surface area (Å²) in [5, 5.41) is 12.7. The van der Waals surface area contributed by atoms with Crippen molar-refractivity contribution in [2.45, 2.75) is 25.3 Å². The largest absolute Gasteiger partial charge is 0.464 e. The predicted molar refractivity (Wildman–Crippen MR) is 44.6 cm³/mol. The standard InChI is InChI=1S/C7H15N3O2/c8-10(7(11)12)6-2-1-4-9-5-3-6/h6,9H,1-5,8H2,(H,11,12). The molecule has 0 radical (unpaired) electrons. The zero-order chi connectivity index (χ0) is 8.97. The lowest BCUT2D eigenvalue weighted by atomic mass is 10.1. The van der Waals surface area contributed by atoms with E-state index >= 15 is 0 Å². The molecular weight excluding hydrogens is 158 g/mol. The fraction of sp³-hybridized carbons (Fsp3) is 0.857. The number of rotatable bonds is 1. The van der Waals surface area contributed by atoms with Crippen LogP contribution in [0, 0.1) is 0 Å². The molecular formula is C7H15N3O2. The molecule has 0 aromatic heterocycles. The number of nitrogens with zero attached hydrogens (tertiary/aromatic N) is 1. The van der Waals surface area contributed by atoms with Gasteiger partial charge < -0.3 is 10.4 Å². The third-order valence-corrected chi connectivity index (χ3v) is 2.16. The topological polar surface area (TPSA) is 78.6 Å². The molecule has 1 amide bonds. The Morgan fingerprint density at radius 3 is 2.92 bits per heavy atom. The van der Waals surface area contributed by atoms with Crippen molar-refractivity contribution in [3.05, 3.63) is 0 Å². The lowest BCUT2D eigenvalue weighted by molar-refractivity contribution is 0.120. The molecule has 0 aromatic rings. The third kappa shape index (κ3) is 2.35. The fourth-order valence-electron chi connectivity index (χ4n) is 1.44. The van der Waals surface area contributed by atoms with Gasteiger partial charge in [-0.15, -0.1) is 0 Å². The third-order valence-electron chi connectivity index (χ3n) is 2.16. The number of hydrazine groups is 1. The van der Waals surface area contributed by atoms with Crippen LogP contribution in [-0.4, -0.2) is 35.3 Å². The van der Waals surface area contributed by atoms with Crippen LogP contribution in [0.15, 0.2) is 0 Å². The van der Waals surface area contributed by atoms with Gasteiger partial charge in [0.15, 0.2) is 0 Å². The highest BCUT2D eigenvalue weighted by atomic mass is 16.4. The number of hydrogen-bond acceptors (Lipinski definition) is 3. The van der Waals surface area contributed by atoms with Crippen molar-refractivity contribution in [1.82, 2.24) is 10.3 Å². The Bertz CT molecular complexity index is 155. The summed E-state index contributed by atoms with van der Waals surface area (Å²) in [4.78, 5) is 10.5. The van der Waals surface area contributed by atoms with Crippen molar-refractivity contribution >= 4 is 6.09 Å². The molecule has 1 unspecified atom stereocenters. The number of amides is 1. The molecule has 1 saturated heterocycles. The highest BCUT2D eigenvalue weighted by Gasteiger charge is 2.20. The summed E-state index contributed by atoms with van der Waals surface area (Å²) in [5.74, 6) is 5.37. The van der Waals surface area contributed by atoms with Crippen LogP contribution < -0.4 is 11.2 Å². The molecule has 1 atom stereocenters. The van der Waals surface area contributed by atoms with Gasteiger partial charge in [-0.05, 0) is 32.4 Å². The van der Waals surface area contributed by atoms with Crippen LogP contribution in [0.3, 0.4) is 0 Å². The molecule has 4 N–H and O–H groups in total. The van der Waals surface area contributed by atoms with Crippen LogP contribution in [0.2, 0.25) is 0 Å². The van der Waals surface area contributed by atoms with E-state index in [1.165, 1.54) is 0 Å². The van der Waals surface area contributed by atoms with Gasteiger partial charge in [0.05, 0.1) is 6.04 Å². The normalized spacial score (nSPS) is 24.6. The van der Waals surface area contributed by atoms with E-state index in [1.54, 1.807) is 0 Å². The van der Waals surface area contributed by atoms with E-state index in [2.05, 4.69) is 5.32 Å². The predicted octanol–water partition coefficient (Wildman–Crippen LogP) is -0.0178. The second kappa shape index (κ2) is 4.27. The minimum Gasteiger partial charge on any atom is -0.464 e.